The second kappa shape index (κ2) is 6.41. The predicted molar refractivity (Wildman–Crippen MR) is 95.2 cm³/mol. The number of fused-ring (bicyclic) bond motifs is 1. The largest absolute Gasteiger partial charge is 0.310 e. The normalized spacial score (nSPS) is 13.0. The van der Waals surface area contributed by atoms with Gasteiger partial charge in [-0.3, -0.25) is 4.79 Å². The molecule has 122 valence electrons. The van der Waals surface area contributed by atoms with E-state index >= 15 is 0 Å². The number of rotatable bonds is 4. The third-order valence-electron chi connectivity index (χ3n) is 3.80. The molecular formula is C17H14FN3OS2. The zero-order valence-electron chi connectivity index (χ0n) is 12.7. The van der Waals surface area contributed by atoms with Crippen LogP contribution in [-0.2, 0) is 22.7 Å². The smallest absolute Gasteiger partial charge is 0.230 e. The molecule has 0 radical (unpaired) electrons. The SMILES string of the molecule is O=C(Cc1cccs1)Nc1c2c(nn1-c1ccc(F)cc1)CSC2. The predicted octanol–water partition coefficient (Wildman–Crippen LogP) is 4.00. The van der Waals surface area contributed by atoms with Crippen molar-refractivity contribution < 1.29 is 9.18 Å². The number of anilines is 1. The Balaban J connectivity index is 1.66. The zero-order valence-corrected chi connectivity index (χ0v) is 14.3. The fraction of sp³-hybridized carbons (Fsp3) is 0.176. The number of nitrogens with zero attached hydrogens (tertiary/aromatic N) is 2. The van der Waals surface area contributed by atoms with Gasteiger partial charge in [0.1, 0.15) is 11.6 Å². The molecule has 24 heavy (non-hydrogen) atoms. The van der Waals surface area contributed by atoms with Crippen LogP contribution in [0.2, 0.25) is 0 Å². The molecular weight excluding hydrogens is 345 g/mol. The average Bonchev–Trinajstić information content (AvgIpc) is 3.27. The number of carbonyl (C=O) groups excluding carboxylic acids is 1. The molecule has 2 aromatic heterocycles. The van der Waals surface area contributed by atoms with Gasteiger partial charge < -0.3 is 5.32 Å². The number of benzene rings is 1. The van der Waals surface area contributed by atoms with E-state index in [2.05, 4.69) is 10.4 Å². The molecule has 0 aliphatic carbocycles. The Morgan fingerprint density at radius 2 is 2.08 bits per heavy atom. The minimum Gasteiger partial charge on any atom is -0.310 e. The highest BCUT2D eigenvalue weighted by atomic mass is 32.2. The molecule has 3 heterocycles. The van der Waals surface area contributed by atoms with Crippen LogP contribution in [0.15, 0.2) is 41.8 Å². The fourth-order valence-electron chi connectivity index (χ4n) is 2.66. The van der Waals surface area contributed by atoms with E-state index in [4.69, 9.17) is 0 Å². The lowest BCUT2D eigenvalue weighted by Crippen LogP contribution is -2.17. The number of hydrogen-bond donors (Lipinski definition) is 1. The van der Waals surface area contributed by atoms with Gasteiger partial charge in [-0.2, -0.15) is 16.9 Å². The maximum Gasteiger partial charge on any atom is 0.230 e. The Kier molecular flexibility index (Phi) is 4.12. The fourth-order valence-corrected chi connectivity index (χ4v) is 4.40. The average molecular weight is 359 g/mol. The van der Waals surface area contributed by atoms with Crippen LogP contribution in [0.5, 0.6) is 0 Å². The van der Waals surface area contributed by atoms with E-state index in [1.54, 1.807) is 39.9 Å². The Morgan fingerprint density at radius 1 is 1.25 bits per heavy atom. The van der Waals surface area contributed by atoms with Gasteiger partial charge in [0, 0.05) is 21.9 Å². The van der Waals surface area contributed by atoms with Gasteiger partial charge >= 0.3 is 0 Å². The number of amides is 1. The molecule has 1 aliphatic rings. The van der Waals surface area contributed by atoms with E-state index in [9.17, 15) is 9.18 Å². The van der Waals surface area contributed by atoms with E-state index in [0.29, 0.717) is 12.2 Å². The number of aromatic nitrogens is 2. The van der Waals surface area contributed by atoms with Crippen molar-refractivity contribution in [3.05, 3.63) is 63.7 Å². The molecule has 0 atom stereocenters. The Morgan fingerprint density at radius 3 is 2.83 bits per heavy atom. The quantitative estimate of drug-likeness (QED) is 0.766. The maximum atomic E-state index is 13.2. The van der Waals surface area contributed by atoms with Crippen molar-refractivity contribution in [2.45, 2.75) is 17.9 Å². The summed E-state index contributed by atoms with van der Waals surface area (Å²) in [4.78, 5) is 13.4. The number of halogens is 1. The van der Waals surface area contributed by atoms with Gasteiger partial charge in [-0.1, -0.05) is 6.07 Å². The Labute approximate surface area is 146 Å². The third kappa shape index (κ3) is 2.97. The van der Waals surface area contributed by atoms with E-state index in [1.807, 2.05) is 17.5 Å². The first-order valence-corrected chi connectivity index (χ1v) is 9.51. The molecule has 0 bridgehead atoms. The summed E-state index contributed by atoms with van der Waals surface area (Å²) in [6, 6.07) is 10.0. The number of thioether (sulfide) groups is 1. The van der Waals surface area contributed by atoms with Gasteiger partial charge in [0.15, 0.2) is 0 Å². The van der Waals surface area contributed by atoms with Gasteiger partial charge in [0.25, 0.3) is 0 Å². The summed E-state index contributed by atoms with van der Waals surface area (Å²) >= 11 is 3.34. The van der Waals surface area contributed by atoms with Crippen LogP contribution >= 0.6 is 23.1 Å². The van der Waals surface area contributed by atoms with Crippen LogP contribution in [0.3, 0.4) is 0 Å². The van der Waals surface area contributed by atoms with E-state index in [0.717, 1.165) is 33.3 Å². The minimum atomic E-state index is -0.294. The molecule has 1 aliphatic heterocycles. The lowest BCUT2D eigenvalue weighted by atomic mass is 10.2. The number of carbonyl (C=O) groups is 1. The van der Waals surface area contributed by atoms with Gasteiger partial charge in [0.2, 0.25) is 5.91 Å². The molecule has 0 saturated heterocycles. The first-order chi connectivity index (χ1) is 11.7. The highest BCUT2D eigenvalue weighted by Gasteiger charge is 2.24. The zero-order chi connectivity index (χ0) is 16.5. The topological polar surface area (TPSA) is 46.9 Å². The summed E-state index contributed by atoms with van der Waals surface area (Å²) in [5.41, 5.74) is 2.78. The van der Waals surface area contributed by atoms with Crippen molar-refractivity contribution in [2.75, 3.05) is 5.32 Å². The molecule has 4 rings (SSSR count). The van der Waals surface area contributed by atoms with Crippen LogP contribution in [0.4, 0.5) is 10.2 Å². The molecule has 0 spiro atoms. The molecule has 7 heteroatoms. The van der Waals surface area contributed by atoms with E-state index in [-0.39, 0.29) is 11.7 Å². The molecule has 3 aromatic rings. The highest BCUT2D eigenvalue weighted by molar-refractivity contribution is 7.98. The van der Waals surface area contributed by atoms with E-state index in [1.165, 1.54) is 12.1 Å². The monoisotopic (exact) mass is 359 g/mol. The summed E-state index contributed by atoms with van der Waals surface area (Å²) in [5, 5.41) is 9.56. The summed E-state index contributed by atoms with van der Waals surface area (Å²) in [5.74, 6) is 1.99. The van der Waals surface area contributed by atoms with Gasteiger partial charge in [-0.25, -0.2) is 9.07 Å². The molecule has 1 aromatic carbocycles. The first kappa shape index (κ1) is 15.4. The van der Waals surface area contributed by atoms with E-state index < -0.39 is 0 Å². The van der Waals surface area contributed by atoms with Crippen molar-refractivity contribution in [2.24, 2.45) is 0 Å². The summed E-state index contributed by atoms with van der Waals surface area (Å²) in [7, 11) is 0. The molecule has 0 unspecified atom stereocenters. The second-order valence-corrected chi connectivity index (χ2v) is 7.48. The summed E-state index contributed by atoms with van der Waals surface area (Å²) in [6.07, 6.45) is 0.341. The Bertz CT molecular complexity index is 872. The highest BCUT2D eigenvalue weighted by Crippen LogP contribution is 2.36. The van der Waals surface area contributed by atoms with Crippen molar-refractivity contribution in [1.82, 2.24) is 9.78 Å². The van der Waals surface area contributed by atoms with Gasteiger partial charge in [0.05, 0.1) is 17.8 Å². The van der Waals surface area contributed by atoms with Crippen LogP contribution < -0.4 is 5.32 Å². The van der Waals surface area contributed by atoms with Crippen LogP contribution in [0.25, 0.3) is 5.69 Å². The van der Waals surface area contributed by atoms with Crippen molar-refractivity contribution in [3.8, 4) is 5.69 Å². The number of nitrogens with one attached hydrogen (secondary N) is 1. The maximum absolute atomic E-state index is 13.2. The lowest BCUT2D eigenvalue weighted by molar-refractivity contribution is -0.115. The van der Waals surface area contributed by atoms with Crippen molar-refractivity contribution in [3.63, 3.8) is 0 Å². The van der Waals surface area contributed by atoms with Crippen LogP contribution in [-0.4, -0.2) is 15.7 Å². The van der Waals surface area contributed by atoms with Gasteiger partial charge in [-0.05, 0) is 35.7 Å². The summed E-state index contributed by atoms with van der Waals surface area (Å²) < 4.78 is 14.9. The standard InChI is InChI=1S/C17H14FN3OS2/c18-11-3-5-12(6-4-11)21-17(14-9-23-10-15(14)20-21)19-16(22)8-13-2-1-7-24-13/h1-7H,8-10H2,(H,19,22). The van der Waals surface area contributed by atoms with Crippen molar-refractivity contribution >= 4 is 34.8 Å². The van der Waals surface area contributed by atoms with Crippen molar-refractivity contribution in [1.29, 1.82) is 0 Å². The van der Waals surface area contributed by atoms with Crippen LogP contribution in [0, 0.1) is 5.82 Å². The molecule has 0 fully saturated rings. The minimum absolute atomic E-state index is 0.0691. The lowest BCUT2D eigenvalue weighted by Gasteiger charge is -2.10. The molecule has 0 saturated carbocycles. The van der Waals surface area contributed by atoms with Gasteiger partial charge in [-0.15, -0.1) is 11.3 Å². The summed E-state index contributed by atoms with van der Waals surface area (Å²) in [6.45, 7) is 0. The third-order valence-corrected chi connectivity index (χ3v) is 5.64. The number of thiophene rings is 1. The molecule has 4 nitrogen and oxygen atoms in total. The van der Waals surface area contributed by atoms with Crippen LogP contribution in [0.1, 0.15) is 16.1 Å². The number of hydrogen-bond acceptors (Lipinski definition) is 4. The molecule has 1 amide bonds. The second-order valence-electron chi connectivity index (χ2n) is 5.46. The first-order valence-electron chi connectivity index (χ1n) is 7.47. The molecule has 1 N–H and O–H groups in total. The Hall–Kier alpha value is -2.12.